The lowest BCUT2D eigenvalue weighted by molar-refractivity contribution is -0.116. The van der Waals surface area contributed by atoms with Crippen LogP contribution in [0, 0.1) is 0 Å². The summed E-state index contributed by atoms with van der Waals surface area (Å²) < 4.78 is 5.72. The third-order valence-electron chi connectivity index (χ3n) is 5.37. The van der Waals surface area contributed by atoms with Gasteiger partial charge in [-0.15, -0.1) is 0 Å². The number of benzene rings is 1. The number of nitrogens with one attached hydrogen (secondary N) is 3. The highest BCUT2D eigenvalue weighted by Gasteiger charge is 2.25. The number of carbonyl (C=O) groups is 1. The van der Waals surface area contributed by atoms with Crippen molar-refractivity contribution in [2.45, 2.75) is 52.1 Å². The Morgan fingerprint density at radius 1 is 1.16 bits per heavy atom. The van der Waals surface area contributed by atoms with Crippen LogP contribution in [-0.2, 0) is 11.3 Å². The topological polar surface area (TPSA) is 81.9 Å². The molecular formula is C24H35N5O2. The van der Waals surface area contributed by atoms with Crippen LogP contribution >= 0.6 is 0 Å². The van der Waals surface area contributed by atoms with Crippen LogP contribution in [-0.4, -0.2) is 42.9 Å². The smallest absolute Gasteiger partial charge is 0.224 e. The lowest BCUT2D eigenvalue weighted by atomic mass is 10.2. The third kappa shape index (κ3) is 7.14. The van der Waals surface area contributed by atoms with Gasteiger partial charge in [0, 0.05) is 25.2 Å². The fraction of sp³-hybridized carbons (Fsp3) is 0.500. The SMILES string of the molecule is CCCC(=O)Nc1cccc(CN=C(NCC)NCC(c2ccco2)N2CCCC2)c1. The van der Waals surface area contributed by atoms with Gasteiger partial charge in [0.2, 0.25) is 5.91 Å². The van der Waals surface area contributed by atoms with Crippen LogP contribution in [0.25, 0.3) is 0 Å². The van der Waals surface area contributed by atoms with Gasteiger partial charge in [-0.25, -0.2) is 4.99 Å². The standard InChI is InChI=1S/C24H35N5O2/c1-3-9-23(30)28-20-11-7-10-19(16-20)17-26-24(25-4-2)27-18-21(22-12-8-15-31-22)29-13-5-6-14-29/h7-8,10-12,15-16,21H,3-6,9,13-14,17-18H2,1-2H3,(H,28,30)(H2,25,26,27). The molecule has 1 amide bonds. The van der Waals surface area contributed by atoms with Crippen molar-refractivity contribution in [1.82, 2.24) is 15.5 Å². The van der Waals surface area contributed by atoms with E-state index in [0.29, 0.717) is 13.0 Å². The number of carbonyl (C=O) groups excluding carboxylic acids is 1. The molecule has 0 radical (unpaired) electrons. The number of hydrogen-bond acceptors (Lipinski definition) is 4. The second-order valence-corrected chi connectivity index (χ2v) is 7.85. The highest BCUT2D eigenvalue weighted by Crippen LogP contribution is 2.24. The van der Waals surface area contributed by atoms with Crippen molar-refractivity contribution in [2.24, 2.45) is 4.99 Å². The maximum atomic E-state index is 11.9. The molecule has 31 heavy (non-hydrogen) atoms. The summed E-state index contributed by atoms with van der Waals surface area (Å²) in [6, 6.07) is 12.1. The minimum Gasteiger partial charge on any atom is -0.468 e. The molecule has 168 valence electrons. The zero-order valence-electron chi connectivity index (χ0n) is 18.7. The second kappa shape index (κ2) is 12.2. The molecule has 2 aromatic rings. The number of likely N-dealkylation sites (tertiary alicyclic amines) is 1. The highest BCUT2D eigenvalue weighted by atomic mass is 16.3. The van der Waals surface area contributed by atoms with Crippen molar-refractivity contribution in [3.05, 3.63) is 54.0 Å². The summed E-state index contributed by atoms with van der Waals surface area (Å²) >= 11 is 0. The molecular weight excluding hydrogens is 390 g/mol. The number of aliphatic imine (C=N–C) groups is 1. The summed E-state index contributed by atoms with van der Waals surface area (Å²) in [6.45, 7) is 8.29. The van der Waals surface area contributed by atoms with Gasteiger partial charge in [-0.2, -0.15) is 0 Å². The first-order valence-corrected chi connectivity index (χ1v) is 11.4. The van der Waals surface area contributed by atoms with Crippen molar-refractivity contribution < 1.29 is 9.21 Å². The summed E-state index contributed by atoms with van der Waals surface area (Å²) in [7, 11) is 0. The highest BCUT2D eigenvalue weighted by molar-refractivity contribution is 5.90. The molecule has 1 fully saturated rings. The zero-order chi connectivity index (χ0) is 21.9. The van der Waals surface area contributed by atoms with Gasteiger partial charge in [-0.1, -0.05) is 19.1 Å². The van der Waals surface area contributed by atoms with Crippen LogP contribution in [0.1, 0.15) is 56.9 Å². The normalized spacial score (nSPS) is 15.6. The first-order valence-electron chi connectivity index (χ1n) is 11.4. The number of nitrogens with zero attached hydrogens (tertiary/aromatic N) is 2. The minimum atomic E-state index is 0.0454. The fourth-order valence-electron chi connectivity index (χ4n) is 3.85. The molecule has 0 bridgehead atoms. The van der Waals surface area contributed by atoms with E-state index in [2.05, 4.69) is 27.8 Å². The Labute approximate surface area is 185 Å². The molecule has 7 nitrogen and oxygen atoms in total. The van der Waals surface area contributed by atoms with Gasteiger partial charge >= 0.3 is 0 Å². The van der Waals surface area contributed by atoms with E-state index in [0.717, 1.165) is 55.6 Å². The molecule has 2 heterocycles. The van der Waals surface area contributed by atoms with E-state index in [4.69, 9.17) is 9.41 Å². The Balaban J connectivity index is 1.62. The van der Waals surface area contributed by atoms with E-state index in [1.807, 2.05) is 43.3 Å². The summed E-state index contributed by atoms with van der Waals surface area (Å²) in [4.78, 5) is 19.1. The number of guanidine groups is 1. The molecule has 0 spiro atoms. The Bertz CT molecular complexity index is 828. The molecule has 1 aromatic carbocycles. The fourth-order valence-corrected chi connectivity index (χ4v) is 3.85. The van der Waals surface area contributed by atoms with E-state index in [9.17, 15) is 4.79 Å². The first kappa shape index (κ1) is 22.9. The van der Waals surface area contributed by atoms with Crippen LogP contribution < -0.4 is 16.0 Å². The Morgan fingerprint density at radius 3 is 2.71 bits per heavy atom. The molecule has 1 aliphatic heterocycles. The van der Waals surface area contributed by atoms with Gasteiger partial charge in [-0.05, 0) is 69.1 Å². The lowest BCUT2D eigenvalue weighted by Crippen LogP contribution is -2.42. The van der Waals surface area contributed by atoms with E-state index in [1.165, 1.54) is 12.8 Å². The molecule has 1 aliphatic rings. The molecule has 0 aliphatic carbocycles. The molecule has 7 heteroatoms. The first-order chi connectivity index (χ1) is 15.2. The van der Waals surface area contributed by atoms with Crippen molar-refractivity contribution in [3.8, 4) is 0 Å². The monoisotopic (exact) mass is 425 g/mol. The van der Waals surface area contributed by atoms with Crippen molar-refractivity contribution >= 4 is 17.6 Å². The summed E-state index contributed by atoms with van der Waals surface area (Å²) in [5.41, 5.74) is 1.87. The van der Waals surface area contributed by atoms with E-state index in [-0.39, 0.29) is 11.9 Å². The number of rotatable bonds is 10. The summed E-state index contributed by atoms with van der Waals surface area (Å²) in [5.74, 6) is 1.81. The Hall–Kier alpha value is -2.80. The summed E-state index contributed by atoms with van der Waals surface area (Å²) in [6.07, 6.45) is 5.58. The van der Waals surface area contributed by atoms with E-state index >= 15 is 0 Å². The van der Waals surface area contributed by atoms with Crippen molar-refractivity contribution in [3.63, 3.8) is 0 Å². The number of furan rings is 1. The van der Waals surface area contributed by atoms with Crippen molar-refractivity contribution in [2.75, 3.05) is 31.5 Å². The molecule has 3 N–H and O–H groups in total. The summed E-state index contributed by atoms with van der Waals surface area (Å²) in [5, 5.41) is 9.76. The average molecular weight is 426 g/mol. The zero-order valence-corrected chi connectivity index (χ0v) is 18.7. The molecule has 1 atom stereocenters. The van der Waals surface area contributed by atoms with Crippen LogP contribution in [0.5, 0.6) is 0 Å². The molecule has 1 saturated heterocycles. The van der Waals surface area contributed by atoms with Crippen LogP contribution in [0.4, 0.5) is 5.69 Å². The second-order valence-electron chi connectivity index (χ2n) is 7.85. The molecule has 3 rings (SSSR count). The maximum Gasteiger partial charge on any atom is 0.224 e. The van der Waals surface area contributed by atoms with Gasteiger partial charge in [0.15, 0.2) is 5.96 Å². The van der Waals surface area contributed by atoms with Crippen LogP contribution in [0.3, 0.4) is 0 Å². The van der Waals surface area contributed by atoms with Crippen LogP contribution in [0.15, 0.2) is 52.1 Å². The van der Waals surface area contributed by atoms with Crippen molar-refractivity contribution in [1.29, 1.82) is 0 Å². The molecule has 0 saturated carbocycles. The lowest BCUT2D eigenvalue weighted by Gasteiger charge is -2.26. The predicted octanol–water partition coefficient (Wildman–Crippen LogP) is 3.91. The number of anilines is 1. The predicted molar refractivity (Wildman–Crippen MR) is 125 cm³/mol. The van der Waals surface area contributed by atoms with Gasteiger partial charge in [0.1, 0.15) is 5.76 Å². The quantitative estimate of drug-likeness (QED) is 0.397. The van der Waals surface area contributed by atoms with E-state index in [1.54, 1.807) is 6.26 Å². The van der Waals surface area contributed by atoms with Gasteiger partial charge in [0.05, 0.1) is 18.8 Å². The van der Waals surface area contributed by atoms with Gasteiger partial charge in [0.25, 0.3) is 0 Å². The minimum absolute atomic E-state index is 0.0454. The van der Waals surface area contributed by atoms with Crippen LogP contribution in [0.2, 0.25) is 0 Å². The third-order valence-corrected chi connectivity index (χ3v) is 5.37. The largest absolute Gasteiger partial charge is 0.468 e. The Kier molecular flexibility index (Phi) is 8.97. The van der Waals surface area contributed by atoms with E-state index < -0.39 is 0 Å². The average Bonchev–Trinajstić information content (AvgIpc) is 3.47. The maximum absolute atomic E-state index is 11.9. The number of amides is 1. The van der Waals surface area contributed by atoms with Gasteiger partial charge in [-0.3, -0.25) is 9.69 Å². The van der Waals surface area contributed by atoms with Gasteiger partial charge < -0.3 is 20.4 Å². The Morgan fingerprint density at radius 2 is 2.00 bits per heavy atom. The number of hydrogen-bond donors (Lipinski definition) is 3. The molecule has 1 aromatic heterocycles. The molecule has 1 unspecified atom stereocenters.